The number of aromatic nitrogens is 1. The molecule has 0 aliphatic heterocycles. The largest absolute Gasteiger partial charge is 0.417 e. The lowest BCUT2D eigenvalue weighted by Gasteiger charge is -2.12. The first-order valence-electron chi connectivity index (χ1n) is 10.2. The van der Waals surface area contributed by atoms with Crippen LogP contribution in [0.4, 0.5) is 45.3 Å². The molecular weight excluding hydrogens is 515 g/mol. The van der Waals surface area contributed by atoms with Crippen molar-refractivity contribution in [2.75, 3.05) is 5.32 Å². The van der Waals surface area contributed by atoms with Gasteiger partial charge in [0.25, 0.3) is 0 Å². The van der Waals surface area contributed by atoms with E-state index in [1.54, 1.807) is 0 Å². The Hall–Kier alpha value is -4.09. The number of amides is 1. The number of rotatable bonds is 5. The zero-order valence-corrected chi connectivity index (χ0v) is 18.3. The maximum Gasteiger partial charge on any atom is 0.417 e. The van der Waals surface area contributed by atoms with Crippen LogP contribution < -0.4 is 5.32 Å². The van der Waals surface area contributed by atoms with Crippen molar-refractivity contribution in [2.45, 2.75) is 18.5 Å². The van der Waals surface area contributed by atoms with E-state index in [-0.39, 0.29) is 22.5 Å². The lowest BCUT2D eigenvalue weighted by molar-refractivity contribution is -0.138. The van der Waals surface area contributed by atoms with E-state index in [1.165, 1.54) is 12.2 Å². The van der Waals surface area contributed by atoms with Crippen LogP contribution in [-0.2, 0) is 23.3 Å². The molecule has 0 radical (unpaired) electrons. The lowest BCUT2D eigenvalue weighted by Crippen LogP contribution is -2.11. The highest BCUT2D eigenvalue weighted by molar-refractivity contribution is 5.99. The summed E-state index contributed by atoms with van der Waals surface area (Å²) in [6, 6.07) is 9.41. The Bertz CT molecular complexity index is 1230. The van der Waals surface area contributed by atoms with E-state index in [1.807, 2.05) is 0 Å². The fourth-order valence-corrected chi connectivity index (χ4v) is 3.07. The number of benzene rings is 2. The second kappa shape index (κ2) is 10.5. The summed E-state index contributed by atoms with van der Waals surface area (Å²) in [4.78, 5) is 15.6. The molecule has 0 unspecified atom stereocenters. The molecule has 37 heavy (non-hydrogen) atoms. The van der Waals surface area contributed by atoms with Gasteiger partial charge in [0, 0.05) is 12.3 Å². The van der Waals surface area contributed by atoms with Crippen LogP contribution in [0.5, 0.6) is 0 Å². The fourth-order valence-electron chi connectivity index (χ4n) is 3.07. The number of halogens is 9. The first-order chi connectivity index (χ1) is 17.1. The Morgan fingerprint density at radius 1 is 0.649 bits per heavy atom. The minimum Gasteiger partial charge on any atom is -0.307 e. The molecule has 0 aliphatic rings. The van der Waals surface area contributed by atoms with Gasteiger partial charge >= 0.3 is 18.5 Å². The number of carbonyl (C=O) groups excluding carboxylic acids is 1. The minimum atomic E-state index is -4.60. The second-order valence-electron chi connectivity index (χ2n) is 7.51. The van der Waals surface area contributed by atoms with E-state index >= 15 is 0 Å². The third kappa shape index (κ3) is 7.45. The molecule has 0 saturated carbocycles. The SMILES string of the molecule is O=C(C=CC=C(c1ccc(C(F)(F)F)cc1)c1ccc(C(F)(F)F)cc1)Nc1ccc(C(F)(F)F)cn1. The molecule has 1 heterocycles. The zero-order chi connectivity index (χ0) is 27.4. The van der Waals surface area contributed by atoms with Gasteiger partial charge in [-0.1, -0.05) is 36.4 Å². The van der Waals surface area contributed by atoms with Gasteiger partial charge in [0.1, 0.15) is 5.82 Å². The Morgan fingerprint density at radius 2 is 1.08 bits per heavy atom. The summed E-state index contributed by atoms with van der Waals surface area (Å²) < 4.78 is 115. The van der Waals surface area contributed by atoms with Crippen LogP contribution in [0.25, 0.3) is 5.57 Å². The van der Waals surface area contributed by atoms with Crippen molar-refractivity contribution in [3.05, 3.63) is 113 Å². The maximum atomic E-state index is 12.9. The number of pyridine rings is 1. The van der Waals surface area contributed by atoms with Crippen LogP contribution in [0, 0.1) is 0 Å². The molecule has 1 aromatic heterocycles. The van der Waals surface area contributed by atoms with Gasteiger partial charge < -0.3 is 5.32 Å². The molecule has 0 saturated heterocycles. The molecule has 3 rings (SSSR count). The Kier molecular flexibility index (Phi) is 7.80. The predicted molar refractivity (Wildman–Crippen MR) is 117 cm³/mol. The van der Waals surface area contributed by atoms with Crippen molar-refractivity contribution in [3.8, 4) is 0 Å². The summed E-state index contributed by atoms with van der Waals surface area (Å²) in [5, 5.41) is 2.24. The van der Waals surface area contributed by atoms with E-state index in [4.69, 9.17) is 0 Å². The third-order valence-electron chi connectivity index (χ3n) is 4.90. The summed E-state index contributed by atoms with van der Waals surface area (Å²) in [6.45, 7) is 0. The molecule has 194 valence electrons. The molecule has 0 atom stereocenters. The van der Waals surface area contributed by atoms with E-state index in [0.29, 0.717) is 6.20 Å². The lowest BCUT2D eigenvalue weighted by atomic mass is 9.95. The Morgan fingerprint density at radius 3 is 1.46 bits per heavy atom. The molecule has 2 aromatic carbocycles. The molecule has 0 fully saturated rings. The van der Waals surface area contributed by atoms with Crippen LogP contribution in [0.15, 0.2) is 85.1 Å². The first kappa shape index (κ1) is 27.5. The van der Waals surface area contributed by atoms with Crippen LogP contribution in [-0.4, -0.2) is 10.9 Å². The van der Waals surface area contributed by atoms with E-state index in [2.05, 4.69) is 10.3 Å². The Labute approximate surface area is 204 Å². The molecule has 1 N–H and O–H groups in total. The smallest absolute Gasteiger partial charge is 0.307 e. The topological polar surface area (TPSA) is 42.0 Å². The van der Waals surface area contributed by atoms with Crippen molar-refractivity contribution in [2.24, 2.45) is 0 Å². The average molecular weight is 530 g/mol. The molecule has 0 spiro atoms. The van der Waals surface area contributed by atoms with Gasteiger partial charge in [-0.2, -0.15) is 39.5 Å². The summed E-state index contributed by atoms with van der Waals surface area (Å²) in [6.07, 6.45) is -9.81. The maximum absolute atomic E-state index is 12.9. The van der Waals surface area contributed by atoms with Gasteiger partial charge in [-0.15, -0.1) is 0 Å². The van der Waals surface area contributed by atoms with Gasteiger partial charge in [0.2, 0.25) is 5.91 Å². The normalized spacial score (nSPS) is 12.5. The van der Waals surface area contributed by atoms with Crippen LogP contribution in [0.2, 0.25) is 0 Å². The number of carbonyl (C=O) groups is 1. The number of nitrogens with one attached hydrogen (secondary N) is 1. The van der Waals surface area contributed by atoms with Crippen LogP contribution >= 0.6 is 0 Å². The monoisotopic (exact) mass is 530 g/mol. The van der Waals surface area contributed by atoms with Crippen molar-refractivity contribution in [3.63, 3.8) is 0 Å². The molecule has 0 bridgehead atoms. The van der Waals surface area contributed by atoms with Gasteiger partial charge in [-0.05, 0) is 53.1 Å². The quantitative estimate of drug-likeness (QED) is 0.208. The summed E-state index contributed by atoms with van der Waals surface area (Å²) in [7, 11) is 0. The zero-order valence-electron chi connectivity index (χ0n) is 18.3. The fraction of sp³-hybridized carbons (Fsp3) is 0.120. The van der Waals surface area contributed by atoms with E-state index < -0.39 is 41.1 Å². The number of nitrogens with zero attached hydrogens (tertiary/aromatic N) is 1. The molecule has 3 aromatic rings. The number of alkyl halides is 9. The van der Waals surface area contributed by atoms with Crippen molar-refractivity contribution in [1.82, 2.24) is 4.98 Å². The summed E-state index contributed by atoms with van der Waals surface area (Å²) in [5.41, 5.74) is -2.21. The highest BCUT2D eigenvalue weighted by Crippen LogP contribution is 2.34. The van der Waals surface area contributed by atoms with Gasteiger partial charge in [0.15, 0.2) is 0 Å². The standard InChI is InChI=1S/C25H15F9N2O/c26-23(27,28)17-8-4-15(5-9-17)20(16-6-10-18(11-7-16)24(29,30)31)2-1-3-22(37)36-21-13-12-19(14-35-21)25(32,33)34/h1-14H,(H,35,36,37). The van der Waals surface area contributed by atoms with Crippen molar-refractivity contribution in [1.29, 1.82) is 0 Å². The number of hydrogen-bond donors (Lipinski definition) is 1. The number of anilines is 1. The molecule has 1 amide bonds. The predicted octanol–water partition coefficient (Wildman–Crippen LogP) is 7.76. The highest BCUT2D eigenvalue weighted by Gasteiger charge is 2.32. The molecule has 3 nitrogen and oxygen atoms in total. The van der Waals surface area contributed by atoms with E-state index in [0.717, 1.165) is 66.7 Å². The van der Waals surface area contributed by atoms with Gasteiger partial charge in [-0.25, -0.2) is 4.98 Å². The Balaban J connectivity index is 1.87. The summed E-state index contributed by atoms with van der Waals surface area (Å²) >= 11 is 0. The van der Waals surface area contributed by atoms with Crippen LogP contribution in [0.3, 0.4) is 0 Å². The third-order valence-corrected chi connectivity index (χ3v) is 4.90. The van der Waals surface area contributed by atoms with Gasteiger partial charge in [0.05, 0.1) is 16.7 Å². The molecule has 0 aliphatic carbocycles. The van der Waals surface area contributed by atoms with Crippen molar-refractivity contribution >= 4 is 17.3 Å². The van der Waals surface area contributed by atoms with Crippen molar-refractivity contribution < 1.29 is 44.3 Å². The highest BCUT2D eigenvalue weighted by atomic mass is 19.4. The average Bonchev–Trinajstić information content (AvgIpc) is 2.81. The second-order valence-corrected chi connectivity index (χ2v) is 7.51. The molecule has 12 heteroatoms. The first-order valence-corrected chi connectivity index (χ1v) is 10.2. The minimum absolute atomic E-state index is 0.169. The van der Waals surface area contributed by atoms with Crippen LogP contribution in [0.1, 0.15) is 27.8 Å². The number of allylic oxidation sites excluding steroid dienone is 2. The van der Waals surface area contributed by atoms with Gasteiger partial charge in [-0.3, -0.25) is 4.79 Å². The molecular formula is C25H15F9N2O. The van der Waals surface area contributed by atoms with E-state index in [9.17, 15) is 44.3 Å². The summed E-state index contributed by atoms with van der Waals surface area (Å²) in [5.74, 6) is -0.958. The number of hydrogen-bond acceptors (Lipinski definition) is 2.